The molecule has 102 valence electrons. The van der Waals surface area contributed by atoms with Gasteiger partial charge in [0, 0.05) is 10.6 Å². The monoisotopic (exact) mass is 278 g/mol. The summed E-state index contributed by atoms with van der Waals surface area (Å²) in [6.45, 7) is 4.31. The van der Waals surface area contributed by atoms with E-state index in [1.54, 1.807) is 11.8 Å². The van der Waals surface area contributed by atoms with Crippen LogP contribution in [0.25, 0.3) is 11.0 Å². The molecule has 1 aromatic carbocycles. The number of furan rings is 1. The van der Waals surface area contributed by atoms with Crippen molar-refractivity contribution in [3.05, 3.63) is 35.6 Å². The Balaban J connectivity index is 2.38. The van der Waals surface area contributed by atoms with E-state index in [0.29, 0.717) is 22.3 Å². The highest BCUT2D eigenvalue weighted by Crippen LogP contribution is 2.30. The number of amides is 1. The summed E-state index contributed by atoms with van der Waals surface area (Å²) < 4.78 is 5.78. The van der Waals surface area contributed by atoms with Crippen LogP contribution in [0.2, 0.25) is 0 Å². The van der Waals surface area contributed by atoms with E-state index in [0.717, 1.165) is 17.4 Å². The van der Waals surface area contributed by atoms with Gasteiger partial charge in [-0.25, -0.2) is 5.84 Å². The second-order valence-corrected chi connectivity index (χ2v) is 5.83. The zero-order valence-electron chi connectivity index (χ0n) is 11.1. The number of hydrazine groups is 1. The molecule has 0 bridgehead atoms. The normalized spacial score (nSPS) is 12.6. The number of rotatable bonds is 5. The van der Waals surface area contributed by atoms with Crippen molar-refractivity contribution in [2.75, 3.05) is 0 Å². The topological polar surface area (TPSA) is 68.3 Å². The number of fused-ring (bicyclic) bond motifs is 1. The van der Waals surface area contributed by atoms with E-state index >= 15 is 0 Å². The zero-order valence-corrected chi connectivity index (χ0v) is 11.9. The third-order valence-electron chi connectivity index (χ3n) is 3.10. The Morgan fingerprint density at radius 2 is 2.21 bits per heavy atom. The van der Waals surface area contributed by atoms with Gasteiger partial charge in [0.2, 0.25) is 0 Å². The Bertz CT molecular complexity index is 580. The van der Waals surface area contributed by atoms with Crippen LogP contribution < -0.4 is 11.3 Å². The molecule has 0 saturated carbocycles. The molecule has 0 aliphatic heterocycles. The predicted octanol–water partition coefficient (Wildman–Crippen LogP) is 3.07. The van der Waals surface area contributed by atoms with Crippen molar-refractivity contribution in [1.82, 2.24) is 5.43 Å². The average molecular weight is 278 g/mol. The van der Waals surface area contributed by atoms with Gasteiger partial charge in [0.1, 0.15) is 11.3 Å². The molecule has 5 heteroatoms. The van der Waals surface area contributed by atoms with Crippen LogP contribution in [-0.4, -0.2) is 11.2 Å². The maximum atomic E-state index is 11.9. The summed E-state index contributed by atoms with van der Waals surface area (Å²) in [6, 6.07) is 7.51. The molecule has 0 saturated heterocycles. The highest BCUT2D eigenvalue weighted by atomic mass is 32.2. The minimum absolute atomic E-state index is 0.301. The second kappa shape index (κ2) is 6.12. The lowest BCUT2D eigenvalue weighted by Crippen LogP contribution is -2.30. The van der Waals surface area contributed by atoms with E-state index < -0.39 is 0 Å². The lowest BCUT2D eigenvalue weighted by Gasteiger charge is -2.07. The largest absolute Gasteiger partial charge is 0.459 e. The van der Waals surface area contributed by atoms with Crippen LogP contribution in [0.3, 0.4) is 0 Å². The molecule has 2 rings (SSSR count). The van der Waals surface area contributed by atoms with Gasteiger partial charge >= 0.3 is 0 Å². The second-order valence-electron chi connectivity index (χ2n) is 4.40. The van der Waals surface area contributed by atoms with E-state index in [1.165, 1.54) is 0 Å². The number of nitrogens with one attached hydrogen (secondary N) is 1. The minimum atomic E-state index is -0.301. The molecule has 1 unspecified atom stereocenters. The van der Waals surface area contributed by atoms with Crippen molar-refractivity contribution in [3.8, 4) is 0 Å². The molecular weight excluding hydrogens is 260 g/mol. The molecule has 3 N–H and O–H groups in total. The predicted molar refractivity (Wildman–Crippen MR) is 78.9 cm³/mol. The fraction of sp³-hybridized carbons (Fsp3) is 0.357. The zero-order chi connectivity index (χ0) is 13.8. The van der Waals surface area contributed by atoms with Gasteiger partial charge in [-0.3, -0.25) is 10.2 Å². The molecule has 1 heterocycles. The maximum Gasteiger partial charge on any atom is 0.269 e. The number of nitrogen functional groups attached to an aromatic ring is 1. The molecule has 0 spiro atoms. The number of carbonyl (C=O) groups is 1. The van der Waals surface area contributed by atoms with Gasteiger partial charge in [0.05, 0.1) is 11.3 Å². The number of hydrogen-bond donors (Lipinski definition) is 2. The molecule has 4 nitrogen and oxygen atoms in total. The SMILES string of the molecule is CCC(C)SCc1oc2ccccc2c1C(=O)NN. The van der Waals surface area contributed by atoms with Crippen molar-refractivity contribution < 1.29 is 9.21 Å². The highest BCUT2D eigenvalue weighted by Gasteiger charge is 2.20. The average Bonchev–Trinajstić information content (AvgIpc) is 2.82. The number of para-hydroxylation sites is 1. The Morgan fingerprint density at radius 3 is 2.89 bits per heavy atom. The van der Waals surface area contributed by atoms with Crippen LogP contribution in [0.5, 0.6) is 0 Å². The van der Waals surface area contributed by atoms with Crippen molar-refractivity contribution in [3.63, 3.8) is 0 Å². The third kappa shape index (κ3) is 2.93. The number of nitrogens with two attached hydrogens (primary N) is 1. The van der Waals surface area contributed by atoms with Crippen molar-refractivity contribution in [1.29, 1.82) is 0 Å². The fourth-order valence-corrected chi connectivity index (χ4v) is 2.73. The Kier molecular flexibility index (Phi) is 4.50. The smallest absolute Gasteiger partial charge is 0.269 e. The summed E-state index contributed by atoms with van der Waals surface area (Å²) >= 11 is 1.77. The molecule has 0 aliphatic rings. The standard InChI is InChI=1S/C14H18N2O2S/c1-3-9(2)19-8-12-13(14(17)16-15)10-6-4-5-7-11(10)18-12/h4-7,9H,3,8,15H2,1-2H3,(H,16,17). The molecule has 1 aromatic heterocycles. The Labute approximate surface area is 116 Å². The van der Waals surface area contributed by atoms with Gasteiger partial charge in [-0.05, 0) is 12.5 Å². The first-order chi connectivity index (χ1) is 9.17. The molecule has 2 aromatic rings. The van der Waals surface area contributed by atoms with Gasteiger partial charge in [0.25, 0.3) is 5.91 Å². The number of benzene rings is 1. The third-order valence-corrected chi connectivity index (χ3v) is 4.43. The number of carbonyl (C=O) groups excluding carboxylic acids is 1. The van der Waals surface area contributed by atoms with Crippen LogP contribution in [0.15, 0.2) is 28.7 Å². The van der Waals surface area contributed by atoms with Crippen LogP contribution in [0, 0.1) is 0 Å². The van der Waals surface area contributed by atoms with E-state index in [2.05, 4.69) is 19.3 Å². The van der Waals surface area contributed by atoms with Crippen LogP contribution in [0.4, 0.5) is 0 Å². The van der Waals surface area contributed by atoms with Crippen LogP contribution >= 0.6 is 11.8 Å². The van der Waals surface area contributed by atoms with Gasteiger partial charge in [-0.1, -0.05) is 32.0 Å². The summed E-state index contributed by atoms with van der Waals surface area (Å²) in [5, 5.41) is 1.34. The van der Waals surface area contributed by atoms with Crippen LogP contribution in [0.1, 0.15) is 36.4 Å². The maximum absolute atomic E-state index is 11.9. The molecule has 0 radical (unpaired) electrons. The quantitative estimate of drug-likeness (QED) is 0.501. The van der Waals surface area contributed by atoms with Crippen molar-refractivity contribution in [2.24, 2.45) is 5.84 Å². The van der Waals surface area contributed by atoms with Crippen molar-refractivity contribution >= 4 is 28.6 Å². The van der Waals surface area contributed by atoms with E-state index in [4.69, 9.17) is 10.3 Å². The Hall–Kier alpha value is -1.46. The van der Waals surface area contributed by atoms with Gasteiger partial charge in [0.15, 0.2) is 0 Å². The first kappa shape index (κ1) is 14.0. The first-order valence-corrected chi connectivity index (χ1v) is 7.35. The Morgan fingerprint density at radius 1 is 1.47 bits per heavy atom. The number of hydrogen-bond acceptors (Lipinski definition) is 4. The first-order valence-electron chi connectivity index (χ1n) is 6.30. The van der Waals surface area contributed by atoms with E-state index in [-0.39, 0.29) is 5.91 Å². The highest BCUT2D eigenvalue weighted by molar-refractivity contribution is 7.99. The summed E-state index contributed by atoms with van der Waals surface area (Å²) in [7, 11) is 0. The minimum Gasteiger partial charge on any atom is -0.459 e. The molecule has 0 fully saturated rings. The summed E-state index contributed by atoms with van der Waals surface area (Å²) in [6.07, 6.45) is 1.09. The number of thioether (sulfide) groups is 1. The summed E-state index contributed by atoms with van der Waals surface area (Å²) in [5.41, 5.74) is 3.47. The lowest BCUT2D eigenvalue weighted by molar-refractivity contribution is 0.0953. The summed E-state index contributed by atoms with van der Waals surface area (Å²) in [5.74, 6) is 6.32. The van der Waals surface area contributed by atoms with Gasteiger partial charge < -0.3 is 4.42 Å². The molecule has 1 atom stereocenters. The van der Waals surface area contributed by atoms with Crippen molar-refractivity contribution in [2.45, 2.75) is 31.3 Å². The van der Waals surface area contributed by atoms with Gasteiger partial charge in [-0.2, -0.15) is 11.8 Å². The molecule has 1 amide bonds. The van der Waals surface area contributed by atoms with Crippen LogP contribution in [-0.2, 0) is 5.75 Å². The fourth-order valence-electron chi connectivity index (χ4n) is 1.85. The molecule has 19 heavy (non-hydrogen) atoms. The summed E-state index contributed by atoms with van der Waals surface area (Å²) in [4.78, 5) is 11.9. The van der Waals surface area contributed by atoms with Gasteiger partial charge in [-0.15, -0.1) is 0 Å². The van der Waals surface area contributed by atoms with E-state index in [9.17, 15) is 4.79 Å². The molecular formula is C14H18N2O2S. The van der Waals surface area contributed by atoms with E-state index in [1.807, 2.05) is 24.3 Å². The lowest BCUT2D eigenvalue weighted by atomic mass is 10.1. The molecule has 0 aliphatic carbocycles.